The van der Waals surface area contributed by atoms with Crippen molar-refractivity contribution >= 4 is 5.78 Å². The van der Waals surface area contributed by atoms with E-state index in [0.29, 0.717) is 24.7 Å². The molecule has 0 spiro atoms. The Kier molecular flexibility index (Phi) is 5.12. The summed E-state index contributed by atoms with van der Waals surface area (Å²) in [5, 5.41) is 0. The normalized spacial score (nSPS) is 20.7. The predicted molar refractivity (Wildman–Crippen MR) is 54.2 cm³/mol. The number of carbonyl (C=O) groups is 1. The first-order chi connectivity index (χ1) is 6.74. The Bertz CT molecular complexity index is 173. The summed E-state index contributed by atoms with van der Waals surface area (Å²) in [5.74, 6) is 0.969. The Morgan fingerprint density at radius 3 is 2.71 bits per heavy atom. The minimum Gasteiger partial charge on any atom is -0.384 e. The van der Waals surface area contributed by atoms with Gasteiger partial charge < -0.3 is 9.47 Å². The second-order valence-electron chi connectivity index (χ2n) is 4.12. The second-order valence-corrected chi connectivity index (χ2v) is 4.12. The smallest absolute Gasteiger partial charge is 0.136 e. The lowest BCUT2D eigenvalue weighted by Gasteiger charge is -2.22. The largest absolute Gasteiger partial charge is 0.384 e. The summed E-state index contributed by atoms with van der Waals surface area (Å²) in [6, 6.07) is 0. The minimum atomic E-state index is 0.239. The van der Waals surface area contributed by atoms with Crippen LogP contribution in [0.25, 0.3) is 0 Å². The lowest BCUT2D eigenvalue weighted by Crippen LogP contribution is -2.25. The van der Waals surface area contributed by atoms with Crippen LogP contribution in [0.1, 0.15) is 26.2 Å². The van der Waals surface area contributed by atoms with Crippen LogP contribution in [-0.2, 0) is 14.3 Å². The molecule has 3 nitrogen and oxygen atoms in total. The molecule has 1 aliphatic heterocycles. The maximum absolute atomic E-state index is 11.8. The van der Waals surface area contributed by atoms with E-state index in [2.05, 4.69) is 6.92 Å². The highest BCUT2D eigenvalue weighted by Gasteiger charge is 2.22. The van der Waals surface area contributed by atoms with Gasteiger partial charge in [-0.2, -0.15) is 0 Å². The maximum Gasteiger partial charge on any atom is 0.136 e. The molecule has 1 heterocycles. The van der Waals surface area contributed by atoms with Crippen molar-refractivity contribution in [2.24, 2.45) is 11.8 Å². The highest BCUT2D eigenvalue weighted by atomic mass is 16.5. The molecule has 0 amide bonds. The van der Waals surface area contributed by atoms with E-state index in [1.54, 1.807) is 7.11 Å². The van der Waals surface area contributed by atoms with Gasteiger partial charge >= 0.3 is 0 Å². The van der Waals surface area contributed by atoms with E-state index in [0.717, 1.165) is 26.1 Å². The van der Waals surface area contributed by atoms with Gasteiger partial charge in [0.15, 0.2) is 0 Å². The van der Waals surface area contributed by atoms with Crippen LogP contribution in [0.5, 0.6) is 0 Å². The van der Waals surface area contributed by atoms with Crippen LogP contribution in [0, 0.1) is 11.8 Å². The zero-order chi connectivity index (χ0) is 10.4. The monoisotopic (exact) mass is 200 g/mol. The highest BCUT2D eigenvalue weighted by Crippen LogP contribution is 2.19. The first-order valence-corrected chi connectivity index (χ1v) is 5.33. The molecule has 1 rings (SSSR count). The molecule has 14 heavy (non-hydrogen) atoms. The van der Waals surface area contributed by atoms with E-state index >= 15 is 0 Å². The molecule has 0 aromatic carbocycles. The summed E-state index contributed by atoms with van der Waals surface area (Å²) in [5.41, 5.74) is 0. The van der Waals surface area contributed by atoms with Gasteiger partial charge in [-0.1, -0.05) is 6.92 Å². The first kappa shape index (κ1) is 11.7. The number of hydrogen-bond acceptors (Lipinski definition) is 3. The molecular formula is C11H20O3. The average molecular weight is 200 g/mol. The van der Waals surface area contributed by atoms with Gasteiger partial charge in [-0.3, -0.25) is 4.79 Å². The number of carbonyl (C=O) groups excluding carboxylic acids is 1. The van der Waals surface area contributed by atoms with Gasteiger partial charge in [0.25, 0.3) is 0 Å². The minimum absolute atomic E-state index is 0.239. The Labute approximate surface area is 85.8 Å². The molecule has 0 aromatic rings. The zero-order valence-corrected chi connectivity index (χ0v) is 9.12. The van der Waals surface area contributed by atoms with Crippen LogP contribution in [0.15, 0.2) is 0 Å². The molecule has 0 aromatic heterocycles. The number of hydrogen-bond donors (Lipinski definition) is 0. The molecule has 0 radical (unpaired) electrons. The fourth-order valence-electron chi connectivity index (χ4n) is 1.87. The molecule has 1 saturated heterocycles. The summed E-state index contributed by atoms with van der Waals surface area (Å²) in [4.78, 5) is 11.8. The van der Waals surface area contributed by atoms with Crippen molar-refractivity contribution in [2.75, 3.05) is 26.9 Å². The lowest BCUT2D eigenvalue weighted by molar-refractivity contribution is -0.126. The summed E-state index contributed by atoms with van der Waals surface area (Å²) in [6.07, 6.45) is 2.45. The number of ether oxygens (including phenoxy) is 2. The molecule has 0 bridgehead atoms. The molecule has 0 aliphatic carbocycles. The number of methoxy groups -OCH3 is 1. The maximum atomic E-state index is 11.8. The van der Waals surface area contributed by atoms with E-state index in [-0.39, 0.29) is 5.92 Å². The second kappa shape index (κ2) is 6.14. The zero-order valence-electron chi connectivity index (χ0n) is 9.12. The summed E-state index contributed by atoms with van der Waals surface area (Å²) < 4.78 is 10.2. The molecule has 1 aliphatic rings. The van der Waals surface area contributed by atoms with Crippen molar-refractivity contribution in [2.45, 2.75) is 26.2 Å². The molecule has 82 valence electrons. The lowest BCUT2D eigenvalue weighted by atomic mass is 9.90. The van der Waals surface area contributed by atoms with Crippen molar-refractivity contribution < 1.29 is 14.3 Å². The van der Waals surface area contributed by atoms with Gasteiger partial charge in [0.1, 0.15) is 5.78 Å². The van der Waals surface area contributed by atoms with Crippen molar-refractivity contribution in [3.05, 3.63) is 0 Å². The van der Waals surface area contributed by atoms with Crippen LogP contribution in [0.4, 0.5) is 0 Å². The predicted octanol–water partition coefficient (Wildman–Crippen LogP) is 1.65. The van der Waals surface area contributed by atoms with E-state index in [4.69, 9.17) is 9.47 Å². The molecular weight excluding hydrogens is 180 g/mol. The molecule has 0 saturated carbocycles. The van der Waals surface area contributed by atoms with Crippen LogP contribution < -0.4 is 0 Å². The topological polar surface area (TPSA) is 35.5 Å². The van der Waals surface area contributed by atoms with Crippen molar-refractivity contribution in [1.82, 2.24) is 0 Å². The van der Waals surface area contributed by atoms with Crippen molar-refractivity contribution in [3.8, 4) is 0 Å². The molecule has 1 atom stereocenters. The third kappa shape index (κ3) is 3.76. The Balaban J connectivity index is 2.25. The molecule has 1 fully saturated rings. The number of Topliss-reactive ketones (excluding diaryl/α,β-unsaturated/α-hetero) is 1. The third-order valence-corrected chi connectivity index (χ3v) is 2.68. The molecule has 1 unspecified atom stereocenters. The van der Waals surface area contributed by atoms with Crippen LogP contribution in [-0.4, -0.2) is 32.7 Å². The third-order valence-electron chi connectivity index (χ3n) is 2.68. The fraction of sp³-hybridized carbons (Fsp3) is 0.909. The summed E-state index contributed by atoms with van der Waals surface area (Å²) in [6.45, 7) is 4.22. The highest BCUT2D eigenvalue weighted by molar-refractivity contribution is 5.81. The van der Waals surface area contributed by atoms with E-state index < -0.39 is 0 Å². The van der Waals surface area contributed by atoms with Gasteiger partial charge in [0.2, 0.25) is 0 Å². The first-order valence-electron chi connectivity index (χ1n) is 5.33. The molecule has 3 heteroatoms. The standard InChI is InChI=1S/C11H20O3/c1-9(8-13-2)7-11(12)10-3-5-14-6-4-10/h9-10H,3-8H2,1-2H3. The van der Waals surface area contributed by atoms with Gasteiger partial charge in [0, 0.05) is 39.3 Å². The number of rotatable bonds is 5. The molecule has 0 N–H and O–H groups in total. The Morgan fingerprint density at radius 1 is 1.50 bits per heavy atom. The average Bonchev–Trinajstić information content (AvgIpc) is 2.19. The van der Waals surface area contributed by atoms with E-state index in [9.17, 15) is 4.79 Å². The van der Waals surface area contributed by atoms with Crippen LogP contribution >= 0.6 is 0 Å². The van der Waals surface area contributed by atoms with Gasteiger partial charge in [-0.25, -0.2) is 0 Å². The van der Waals surface area contributed by atoms with Crippen LogP contribution in [0.3, 0.4) is 0 Å². The van der Waals surface area contributed by atoms with Gasteiger partial charge in [-0.05, 0) is 18.8 Å². The van der Waals surface area contributed by atoms with E-state index in [1.165, 1.54) is 0 Å². The van der Waals surface area contributed by atoms with Crippen molar-refractivity contribution in [1.29, 1.82) is 0 Å². The summed E-state index contributed by atoms with van der Waals surface area (Å²) >= 11 is 0. The van der Waals surface area contributed by atoms with Crippen molar-refractivity contribution in [3.63, 3.8) is 0 Å². The Hall–Kier alpha value is -0.410. The van der Waals surface area contributed by atoms with E-state index in [1.807, 2.05) is 0 Å². The van der Waals surface area contributed by atoms with Gasteiger partial charge in [0.05, 0.1) is 0 Å². The fourth-order valence-corrected chi connectivity index (χ4v) is 1.87. The Morgan fingerprint density at radius 2 is 2.14 bits per heavy atom. The summed E-state index contributed by atoms with van der Waals surface area (Å²) in [7, 11) is 1.68. The SMILES string of the molecule is COCC(C)CC(=O)C1CCOCC1. The number of ketones is 1. The van der Waals surface area contributed by atoms with Crippen LogP contribution in [0.2, 0.25) is 0 Å². The quantitative estimate of drug-likeness (QED) is 0.677. The van der Waals surface area contributed by atoms with Gasteiger partial charge in [-0.15, -0.1) is 0 Å².